The van der Waals surface area contributed by atoms with E-state index in [1.165, 1.54) is 6.33 Å². The van der Waals surface area contributed by atoms with Gasteiger partial charge in [0.25, 0.3) is 0 Å². The molecule has 2 heterocycles. The lowest BCUT2D eigenvalue weighted by Crippen LogP contribution is -2.24. The molecule has 92 valence electrons. The van der Waals surface area contributed by atoms with E-state index in [0.717, 1.165) is 11.2 Å². The Morgan fingerprint density at radius 1 is 1.12 bits per heavy atom. The summed E-state index contributed by atoms with van der Waals surface area (Å²) < 4.78 is 1.61. The summed E-state index contributed by atoms with van der Waals surface area (Å²) in [5, 5.41) is 14.2. The normalized spacial score (nSPS) is 13.3. The van der Waals surface area contributed by atoms with Crippen LogP contribution in [0, 0.1) is 0 Å². The van der Waals surface area contributed by atoms with Crippen molar-refractivity contribution < 1.29 is 5.11 Å². The van der Waals surface area contributed by atoms with Gasteiger partial charge in [0.05, 0.1) is 0 Å². The first-order valence-electron chi connectivity index (χ1n) is 5.63. The predicted octanol–water partition coefficient (Wildman–Crippen LogP) is 1.65. The van der Waals surface area contributed by atoms with Gasteiger partial charge in [-0.25, -0.2) is 9.97 Å². The molecular weight excluding hydrogens is 216 g/mol. The number of aliphatic hydroxyl groups is 1. The lowest BCUT2D eigenvalue weighted by molar-refractivity contribution is 0.0660. The van der Waals surface area contributed by atoms with Crippen LogP contribution in [-0.4, -0.2) is 24.7 Å². The number of fused-ring (bicyclic) bond motifs is 1. The van der Waals surface area contributed by atoms with Crippen LogP contribution >= 0.6 is 0 Å². The topological polar surface area (TPSA) is 63.3 Å². The van der Waals surface area contributed by atoms with E-state index in [9.17, 15) is 5.11 Å². The summed E-state index contributed by atoms with van der Waals surface area (Å²) in [6, 6.07) is 0. The van der Waals surface area contributed by atoms with Crippen LogP contribution in [0.15, 0.2) is 12.5 Å². The Morgan fingerprint density at radius 2 is 1.76 bits per heavy atom. The standard InChI is InChI=1S/C12H18N4O/c1-11(2,3)8-6-13-10(12(4,5)17)16-9(8)14-7-15-16/h6-7,17H,1-5H3. The van der Waals surface area contributed by atoms with E-state index in [1.54, 1.807) is 24.6 Å². The minimum Gasteiger partial charge on any atom is -0.382 e. The molecule has 0 fully saturated rings. The zero-order chi connectivity index (χ0) is 12.8. The van der Waals surface area contributed by atoms with Gasteiger partial charge in [0.1, 0.15) is 11.9 Å². The maximum atomic E-state index is 10.0. The van der Waals surface area contributed by atoms with Gasteiger partial charge in [-0.2, -0.15) is 9.61 Å². The number of hydrogen-bond acceptors (Lipinski definition) is 4. The number of aromatic nitrogens is 4. The van der Waals surface area contributed by atoms with E-state index in [4.69, 9.17) is 0 Å². The second kappa shape index (κ2) is 3.50. The predicted molar refractivity (Wildman–Crippen MR) is 64.7 cm³/mol. The number of hydrogen-bond donors (Lipinski definition) is 1. The van der Waals surface area contributed by atoms with Gasteiger partial charge in [-0.05, 0) is 19.3 Å². The van der Waals surface area contributed by atoms with Gasteiger partial charge < -0.3 is 5.11 Å². The maximum Gasteiger partial charge on any atom is 0.163 e. The molecule has 0 radical (unpaired) electrons. The van der Waals surface area contributed by atoms with Crippen molar-refractivity contribution in [2.45, 2.75) is 45.6 Å². The highest BCUT2D eigenvalue weighted by Gasteiger charge is 2.26. The van der Waals surface area contributed by atoms with Crippen molar-refractivity contribution >= 4 is 5.65 Å². The fourth-order valence-electron chi connectivity index (χ4n) is 1.76. The monoisotopic (exact) mass is 234 g/mol. The van der Waals surface area contributed by atoms with Crippen molar-refractivity contribution in [3.8, 4) is 0 Å². The summed E-state index contributed by atoms with van der Waals surface area (Å²) in [7, 11) is 0. The largest absolute Gasteiger partial charge is 0.382 e. The third kappa shape index (κ3) is 2.02. The quantitative estimate of drug-likeness (QED) is 0.815. The van der Waals surface area contributed by atoms with Crippen molar-refractivity contribution in [1.82, 2.24) is 19.6 Å². The van der Waals surface area contributed by atoms with Crippen molar-refractivity contribution in [3.63, 3.8) is 0 Å². The van der Waals surface area contributed by atoms with E-state index in [1.807, 2.05) is 0 Å². The Hall–Kier alpha value is -1.49. The minimum absolute atomic E-state index is 0.0561. The average Bonchev–Trinajstić information content (AvgIpc) is 2.60. The van der Waals surface area contributed by atoms with Crippen LogP contribution in [0.5, 0.6) is 0 Å². The van der Waals surface area contributed by atoms with Crippen molar-refractivity contribution in [3.05, 3.63) is 23.9 Å². The van der Waals surface area contributed by atoms with Crippen LogP contribution in [0.25, 0.3) is 5.65 Å². The van der Waals surface area contributed by atoms with Gasteiger partial charge in [-0.1, -0.05) is 20.8 Å². The molecule has 2 aromatic rings. The second-order valence-electron chi connectivity index (χ2n) is 5.80. The van der Waals surface area contributed by atoms with Crippen LogP contribution in [-0.2, 0) is 11.0 Å². The van der Waals surface area contributed by atoms with E-state index in [-0.39, 0.29) is 5.41 Å². The van der Waals surface area contributed by atoms with Gasteiger partial charge in [0.2, 0.25) is 0 Å². The highest BCUT2D eigenvalue weighted by atomic mass is 16.3. The molecule has 0 aliphatic heterocycles. The number of nitrogens with zero attached hydrogens (tertiary/aromatic N) is 4. The fourth-order valence-corrected chi connectivity index (χ4v) is 1.76. The van der Waals surface area contributed by atoms with Gasteiger partial charge in [0, 0.05) is 11.8 Å². The Labute approximate surface area is 101 Å². The molecule has 0 aliphatic rings. The molecule has 2 aromatic heterocycles. The van der Waals surface area contributed by atoms with Gasteiger partial charge >= 0.3 is 0 Å². The molecule has 0 aromatic carbocycles. The summed E-state index contributed by atoms with van der Waals surface area (Å²) in [5.41, 5.74) is 0.675. The van der Waals surface area contributed by atoms with Gasteiger partial charge in [0.15, 0.2) is 11.5 Å². The Bertz CT molecular complexity index is 498. The van der Waals surface area contributed by atoms with E-state index in [2.05, 4.69) is 35.8 Å². The zero-order valence-corrected chi connectivity index (χ0v) is 10.9. The van der Waals surface area contributed by atoms with Crippen LogP contribution in [0.2, 0.25) is 0 Å². The molecule has 2 rings (SSSR count). The molecule has 17 heavy (non-hydrogen) atoms. The van der Waals surface area contributed by atoms with Crippen LogP contribution in [0.1, 0.15) is 46.0 Å². The molecule has 0 amide bonds. The molecule has 0 unspecified atom stereocenters. The van der Waals surface area contributed by atoms with Crippen LogP contribution < -0.4 is 0 Å². The molecular formula is C12H18N4O. The molecule has 5 heteroatoms. The van der Waals surface area contributed by atoms with Crippen molar-refractivity contribution in [1.29, 1.82) is 0 Å². The number of rotatable bonds is 1. The van der Waals surface area contributed by atoms with Gasteiger partial charge in [-0.15, -0.1) is 0 Å². The first kappa shape index (κ1) is 12.0. The molecule has 0 aliphatic carbocycles. The summed E-state index contributed by atoms with van der Waals surface area (Å²) in [4.78, 5) is 8.59. The highest BCUT2D eigenvalue weighted by Crippen LogP contribution is 2.27. The summed E-state index contributed by atoms with van der Waals surface area (Å²) >= 11 is 0. The van der Waals surface area contributed by atoms with Crippen molar-refractivity contribution in [2.24, 2.45) is 0 Å². The first-order valence-corrected chi connectivity index (χ1v) is 5.63. The third-order valence-electron chi connectivity index (χ3n) is 2.66. The molecule has 0 spiro atoms. The van der Waals surface area contributed by atoms with Gasteiger partial charge in [-0.3, -0.25) is 0 Å². The third-order valence-corrected chi connectivity index (χ3v) is 2.66. The Balaban J connectivity index is 2.76. The van der Waals surface area contributed by atoms with Crippen molar-refractivity contribution in [2.75, 3.05) is 0 Å². The van der Waals surface area contributed by atoms with E-state index < -0.39 is 5.60 Å². The lowest BCUT2D eigenvalue weighted by atomic mass is 9.88. The first-order chi connectivity index (χ1) is 7.71. The molecule has 1 N–H and O–H groups in total. The second-order valence-corrected chi connectivity index (χ2v) is 5.80. The molecule has 0 saturated heterocycles. The highest BCUT2D eigenvalue weighted by molar-refractivity contribution is 5.49. The average molecular weight is 234 g/mol. The lowest BCUT2D eigenvalue weighted by Gasteiger charge is -2.22. The summed E-state index contributed by atoms with van der Waals surface area (Å²) in [5.74, 6) is 0.498. The minimum atomic E-state index is -1.04. The molecule has 0 saturated carbocycles. The van der Waals surface area contributed by atoms with E-state index in [0.29, 0.717) is 5.82 Å². The van der Waals surface area contributed by atoms with E-state index >= 15 is 0 Å². The molecule has 5 nitrogen and oxygen atoms in total. The summed E-state index contributed by atoms with van der Waals surface area (Å²) in [6.07, 6.45) is 3.26. The van der Waals surface area contributed by atoms with Crippen LogP contribution in [0.4, 0.5) is 0 Å². The zero-order valence-electron chi connectivity index (χ0n) is 10.9. The molecule has 0 bridgehead atoms. The summed E-state index contributed by atoms with van der Waals surface area (Å²) in [6.45, 7) is 9.67. The smallest absolute Gasteiger partial charge is 0.163 e. The SMILES string of the molecule is CC(C)(C)c1cnc(C(C)(C)O)n2ncnc12. The van der Waals surface area contributed by atoms with Crippen LogP contribution in [0.3, 0.4) is 0 Å². The Morgan fingerprint density at radius 3 is 2.29 bits per heavy atom. The maximum absolute atomic E-state index is 10.0. The molecule has 0 atom stereocenters. The Kier molecular flexibility index (Phi) is 2.47. The fraction of sp³-hybridized carbons (Fsp3) is 0.583.